The van der Waals surface area contributed by atoms with Gasteiger partial charge in [-0.3, -0.25) is 4.79 Å². The van der Waals surface area contributed by atoms with Gasteiger partial charge in [0.25, 0.3) is 5.09 Å². The molecule has 16 heavy (non-hydrogen) atoms. The normalized spacial score (nSPS) is 11.4. The molecule has 0 unspecified atom stereocenters. The van der Waals surface area contributed by atoms with Crippen LogP contribution in [-0.2, 0) is 9.63 Å². The number of nitrogens with zero attached hydrogens (tertiary/aromatic N) is 1. The molecule has 0 aromatic heterocycles. The fourth-order valence-corrected chi connectivity index (χ4v) is 1.34. The largest absolute Gasteiger partial charge is 0.376 e. The van der Waals surface area contributed by atoms with E-state index in [2.05, 4.69) is 15.5 Å². The van der Waals surface area contributed by atoms with Gasteiger partial charge in [-0.2, -0.15) is 0 Å². The van der Waals surface area contributed by atoms with Crippen LogP contribution in [0.4, 0.5) is 0 Å². The number of carbonyl (C=O) groups excluding carboxylic acids is 1. The summed E-state index contributed by atoms with van der Waals surface area (Å²) in [6.07, 6.45) is 0.654. The Morgan fingerprint density at radius 1 is 1.62 bits per heavy atom. The van der Waals surface area contributed by atoms with Gasteiger partial charge in [0, 0.05) is 13.5 Å². The number of carbonyl (C=O) groups is 1. The molecule has 0 saturated carbocycles. The predicted molar refractivity (Wildman–Crippen MR) is 61.4 cm³/mol. The predicted octanol–water partition coefficient (Wildman–Crippen LogP) is 0.0264. The van der Waals surface area contributed by atoms with Crippen LogP contribution in [0.15, 0.2) is 0 Å². The zero-order chi connectivity index (χ0) is 12.6. The third-order valence-electron chi connectivity index (χ3n) is 1.70. The van der Waals surface area contributed by atoms with Crippen molar-refractivity contribution in [2.75, 3.05) is 13.2 Å². The van der Waals surface area contributed by atoms with Gasteiger partial charge in [-0.15, -0.1) is 10.1 Å². The molecular formula is C8H15N3O4S. The van der Waals surface area contributed by atoms with E-state index in [1.54, 1.807) is 0 Å². The van der Waals surface area contributed by atoms with Crippen LogP contribution in [0.5, 0.6) is 0 Å². The molecule has 8 heteroatoms. The maximum Gasteiger partial charge on any atom is 0.294 e. The van der Waals surface area contributed by atoms with E-state index in [1.165, 1.54) is 6.92 Å². The second-order valence-corrected chi connectivity index (χ2v) is 3.45. The number of hydrogen-bond acceptors (Lipinski definition) is 5. The summed E-state index contributed by atoms with van der Waals surface area (Å²) in [6.45, 7) is 3.43. The second-order valence-electron chi connectivity index (χ2n) is 3.01. The summed E-state index contributed by atoms with van der Waals surface area (Å²) in [5.41, 5.74) is 0. The molecule has 0 aliphatic rings. The second kappa shape index (κ2) is 7.80. The average molecular weight is 249 g/mol. The Morgan fingerprint density at radius 3 is 2.69 bits per heavy atom. The van der Waals surface area contributed by atoms with E-state index in [4.69, 9.17) is 12.2 Å². The van der Waals surface area contributed by atoms with Crippen molar-refractivity contribution < 1.29 is 14.7 Å². The van der Waals surface area contributed by atoms with Gasteiger partial charge in [-0.1, -0.05) is 19.1 Å². The van der Waals surface area contributed by atoms with Crippen LogP contribution in [0.2, 0.25) is 0 Å². The van der Waals surface area contributed by atoms with Crippen LogP contribution >= 0.6 is 12.2 Å². The summed E-state index contributed by atoms with van der Waals surface area (Å²) in [6, 6.07) is -0.247. The van der Waals surface area contributed by atoms with Crippen molar-refractivity contribution in [3.63, 3.8) is 0 Å². The summed E-state index contributed by atoms with van der Waals surface area (Å²) in [4.78, 5) is 25.2. The fourth-order valence-electron chi connectivity index (χ4n) is 1.02. The number of amides is 1. The molecule has 0 radical (unpaired) electrons. The molecule has 0 aliphatic heterocycles. The third-order valence-corrected chi connectivity index (χ3v) is 2.13. The van der Waals surface area contributed by atoms with Crippen LogP contribution in [0.1, 0.15) is 20.3 Å². The minimum Gasteiger partial charge on any atom is -0.376 e. The van der Waals surface area contributed by atoms with Crippen molar-refractivity contribution in [1.29, 1.82) is 0 Å². The lowest BCUT2D eigenvalue weighted by atomic mass is 10.2. The van der Waals surface area contributed by atoms with Gasteiger partial charge in [0.1, 0.15) is 6.61 Å². The lowest BCUT2D eigenvalue weighted by Gasteiger charge is -2.18. The van der Waals surface area contributed by atoms with Crippen molar-refractivity contribution in [2.24, 2.45) is 0 Å². The van der Waals surface area contributed by atoms with E-state index < -0.39 is 5.09 Å². The molecule has 0 aromatic carbocycles. The zero-order valence-electron chi connectivity index (χ0n) is 9.19. The minimum atomic E-state index is -0.865. The van der Waals surface area contributed by atoms with Gasteiger partial charge in [0.2, 0.25) is 5.91 Å². The van der Waals surface area contributed by atoms with Gasteiger partial charge < -0.3 is 15.5 Å². The maximum absolute atomic E-state index is 10.8. The highest BCUT2D eigenvalue weighted by Gasteiger charge is 2.12. The first-order chi connectivity index (χ1) is 7.47. The first-order valence-corrected chi connectivity index (χ1v) is 5.20. The summed E-state index contributed by atoms with van der Waals surface area (Å²) in [5.74, 6) is -0.169. The minimum absolute atomic E-state index is 0.0797. The zero-order valence-corrected chi connectivity index (χ0v) is 10.0. The van der Waals surface area contributed by atoms with Crippen LogP contribution in [-0.4, -0.2) is 35.2 Å². The molecule has 0 aliphatic carbocycles. The van der Waals surface area contributed by atoms with Crippen LogP contribution in [0.25, 0.3) is 0 Å². The van der Waals surface area contributed by atoms with Gasteiger partial charge in [-0.05, 0) is 6.42 Å². The van der Waals surface area contributed by atoms with E-state index in [0.29, 0.717) is 11.4 Å². The Hall–Kier alpha value is -1.44. The Morgan fingerprint density at radius 2 is 2.25 bits per heavy atom. The van der Waals surface area contributed by atoms with E-state index in [9.17, 15) is 14.9 Å². The molecule has 0 saturated heterocycles. The van der Waals surface area contributed by atoms with Crippen molar-refractivity contribution in [1.82, 2.24) is 10.6 Å². The highest BCUT2D eigenvalue weighted by atomic mass is 32.1. The molecular weight excluding hydrogens is 234 g/mol. The average Bonchev–Trinajstić information content (AvgIpc) is 2.20. The van der Waals surface area contributed by atoms with Gasteiger partial charge >= 0.3 is 0 Å². The Bertz CT molecular complexity index is 272. The van der Waals surface area contributed by atoms with Crippen molar-refractivity contribution in [2.45, 2.75) is 26.3 Å². The van der Waals surface area contributed by atoms with E-state index in [-0.39, 0.29) is 25.1 Å². The quantitative estimate of drug-likeness (QED) is 0.286. The molecule has 0 fully saturated rings. The van der Waals surface area contributed by atoms with Crippen molar-refractivity contribution in [3.05, 3.63) is 10.1 Å². The highest BCUT2D eigenvalue weighted by molar-refractivity contribution is 7.80. The van der Waals surface area contributed by atoms with Gasteiger partial charge in [0.15, 0.2) is 0 Å². The SMILES string of the molecule is CC[C@@H](NC(C)=O)C(=S)NCCO[N+](=O)[O-]. The topological polar surface area (TPSA) is 93.5 Å². The standard InChI is InChI=1S/C8H15N3O4S/c1-3-7(10-6(2)12)8(16)9-4-5-15-11(13)14/h7H,3-5H2,1-2H3,(H,9,16)(H,10,12)/t7-/m1/s1. The smallest absolute Gasteiger partial charge is 0.294 e. The Labute approximate surface area is 98.6 Å². The van der Waals surface area contributed by atoms with E-state index >= 15 is 0 Å². The molecule has 2 N–H and O–H groups in total. The summed E-state index contributed by atoms with van der Waals surface area (Å²) in [7, 11) is 0. The van der Waals surface area contributed by atoms with Crippen LogP contribution in [0, 0.1) is 10.1 Å². The molecule has 7 nitrogen and oxygen atoms in total. The van der Waals surface area contributed by atoms with E-state index in [0.717, 1.165) is 0 Å². The monoisotopic (exact) mass is 249 g/mol. The highest BCUT2D eigenvalue weighted by Crippen LogP contribution is 1.93. The lowest BCUT2D eigenvalue weighted by molar-refractivity contribution is -0.757. The summed E-state index contributed by atoms with van der Waals surface area (Å²) < 4.78 is 0. The molecule has 0 heterocycles. The van der Waals surface area contributed by atoms with Crippen LogP contribution in [0.3, 0.4) is 0 Å². The molecule has 92 valence electrons. The molecule has 0 spiro atoms. The lowest BCUT2D eigenvalue weighted by Crippen LogP contribution is -2.45. The molecule has 0 rings (SSSR count). The summed E-state index contributed by atoms with van der Waals surface area (Å²) in [5, 5.41) is 14.4. The molecule has 0 aromatic rings. The first kappa shape index (κ1) is 14.6. The third kappa shape index (κ3) is 6.93. The number of rotatable bonds is 7. The maximum atomic E-state index is 10.8. The van der Waals surface area contributed by atoms with Crippen LogP contribution < -0.4 is 10.6 Å². The van der Waals surface area contributed by atoms with Crippen molar-refractivity contribution >= 4 is 23.1 Å². The van der Waals surface area contributed by atoms with Gasteiger partial charge in [-0.25, -0.2) is 0 Å². The molecule has 0 bridgehead atoms. The van der Waals surface area contributed by atoms with Crippen molar-refractivity contribution in [3.8, 4) is 0 Å². The number of nitrogens with one attached hydrogen (secondary N) is 2. The number of hydrogen-bond donors (Lipinski definition) is 2. The molecule has 1 amide bonds. The van der Waals surface area contributed by atoms with Gasteiger partial charge in [0.05, 0.1) is 11.0 Å². The molecule has 1 atom stereocenters. The fraction of sp³-hybridized carbons (Fsp3) is 0.750. The summed E-state index contributed by atoms with van der Waals surface area (Å²) >= 11 is 5.02. The number of thiocarbonyl (C=S) groups is 1. The van der Waals surface area contributed by atoms with E-state index in [1.807, 2.05) is 6.92 Å². The Kier molecular flexibility index (Phi) is 7.10. The first-order valence-electron chi connectivity index (χ1n) is 4.79. The Balaban J connectivity index is 3.84.